The number of rotatable bonds is 3. The van der Waals surface area contributed by atoms with Crippen LogP contribution in [0, 0.1) is 19.7 Å². The number of benzene rings is 2. The Morgan fingerprint density at radius 1 is 1.03 bits per heavy atom. The van der Waals surface area contributed by atoms with Gasteiger partial charge in [-0.05, 0) is 60.9 Å². The SMILES string of the molecule is Cc1ncc(Oc2nc3c(c(-c4ccc(Cl)cc4N)n2)-c2cc(F)cc(C)c2C3)cn1. The molecule has 0 aliphatic heterocycles. The van der Waals surface area contributed by atoms with Crippen LogP contribution in [-0.2, 0) is 6.42 Å². The number of hydrogen-bond donors (Lipinski definition) is 1. The quantitative estimate of drug-likeness (QED) is 0.389. The van der Waals surface area contributed by atoms with Crippen molar-refractivity contribution in [3.8, 4) is 34.1 Å². The van der Waals surface area contributed by atoms with E-state index in [2.05, 4.69) is 19.9 Å². The molecular weight excluding hydrogens is 417 g/mol. The molecule has 0 spiro atoms. The molecule has 0 amide bonds. The summed E-state index contributed by atoms with van der Waals surface area (Å²) in [6, 6.07) is 8.37. The Balaban J connectivity index is 1.72. The van der Waals surface area contributed by atoms with Gasteiger partial charge in [0.05, 0.1) is 23.8 Å². The van der Waals surface area contributed by atoms with E-state index in [0.29, 0.717) is 40.0 Å². The van der Waals surface area contributed by atoms with Crippen LogP contribution in [0.25, 0.3) is 22.4 Å². The average Bonchev–Trinajstić information content (AvgIpc) is 3.08. The van der Waals surface area contributed by atoms with Crippen LogP contribution in [-0.4, -0.2) is 19.9 Å². The van der Waals surface area contributed by atoms with Gasteiger partial charge in [0.25, 0.3) is 0 Å². The lowest BCUT2D eigenvalue weighted by Crippen LogP contribution is -2.02. The minimum atomic E-state index is -0.309. The van der Waals surface area contributed by atoms with Crippen molar-refractivity contribution in [2.24, 2.45) is 0 Å². The summed E-state index contributed by atoms with van der Waals surface area (Å²) in [5.74, 6) is 0.736. The molecule has 0 saturated heterocycles. The first-order chi connectivity index (χ1) is 14.9. The molecule has 2 aromatic heterocycles. The molecule has 2 aromatic carbocycles. The second-order valence-corrected chi connectivity index (χ2v) is 7.84. The van der Waals surface area contributed by atoms with E-state index in [1.54, 1.807) is 37.5 Å². The fourth-order valence-corrected chi connectivity index (χ4v) is 4.00. The molecule has 1 aliphatic rings. The molecule has 4 aromatic rings. The summed E-state index contributed by atoms with van der Waals surface area (Å²) >= 11 is 6.09. The number of anilines is 1. The van der Waals surface area contributed by atoms with E-state index in [1.165, 1.54) is 12.1 Å². The number of ether oxygens (including phenoxy) is 1. The van der Waals surface area contributed by atoms with Crippen molar-refractivity contribution in [3.63, 3.8) is 0 Å². The van der Waals surface area contributed by atoms with Crippen molar-refractivity contribution in [1.82, 2.24) is 19.9 Å². The van der Waals surface area contributed by atoms with E-state index in [9.17, 15) is 4.39 Å². The summed E-state index contributed by atoms with van der Waals surface area (Å²) in [5.41, 5.74) is 12.1. The minimum absolute atomic E-state index is 0.140. The molecule has 0 radical (unpaired) electrons. The molecule has 2 heterocycles. The second-order valence-electron chi connectivity index (χ2n) is 7.40. The highest BCUT2D eigenvalue weighted by atomic mass is 35.5. The molecule has 31 heavy (non-hydrogen) atoms. The molecule has 0 fully saturated rings. The fraction of sp³-hybridized carbons (Fsp3) is 0.130. The Labute approximate surface area is 182 Å². The Hall–Kier alpha value is -3.58. The molecule has 154 valence electrons. The Morgan fingerprint density at radius 2 is 1.81 bits per heavy atom. The second kappa shape index (κ2) is 7.28. The lowest BCUT2D eigenvalue weighted by molar-refractivity contribution is 0.436. The van der Waals surface area contributed by atoms with Crippen molar-refractivity contribution >= 4 is 17.3 Å². The first-order valence-electron chi connectivity index (χ1n) is 9.61. The van der Waals surface area contributed by atoms with Crippen molar-refractivity contribution in [1.29, 1.82) is 0 Å². The lowest BCUT2D eigenvalue weighted by atomic mass is 9.98. The van der Waals surface area contributed by atoms with Crippen LogP contribution in [0.15, 0.2) is 42.7 Å². The number of halogens is 2. The third-order valence-corrected chi connectivity index (χ3v) is 5.48. The fourth-order valence-electron chi connectivity index (χ4n) is 3.82. The van der Waals surface area contributed by atoms with E-state index in [1.807, 2.05) is 6.92 Å². The van der Waals surface area contributed by atoms with Gasteiger partial charge in [-0.3, -0.25) is 0 Å². The molecule has 5 rings (SSSR count). The summed E-state index contributed by atoms with van der Waals surface area (Å²) in [5, 5.41) is 0.516. The lowest BCUT2D eigenvalue weighted by Gasteiger charge is -2.13. The number of nitrogens with zero attached hydrogens (tertiary/aromatic N) is 4. The van der Waals surface area contributed by atoms with Crippen molar-refractivity contribution in [2.75, 3.05) is 5.73 Å². The van der Waals surface area contributed by atoms with E-state index < -0.39 is 0 Å². The smallest absolute Gasteiger partial charge is 0.322 e. The maximum atomic E-state index is 14.3. The maximum absolute atomic E-state index is 14.3. The zero-order valence-electron chi connectivity index (χ0n) is 16.8. The molecule has 0 atom stereocenters. The summed E-state index contributed by atoms with van der Waals surface area (Å²) in [6.07, 6.45) is 3.66. The van der Waals surface area contributed by atoms with Crippen LogP contribution in [0.2, 0.25) is 5.02 Å². The largest absolute Gasteiger partial charge is 0.421 e. The van der Waals surface area contributed by atoms with Gasteiger partial charge < -0.3 is 10.5 Å². The summed E-state index contributed by atoms with van der Waals surface area (Å²) in [7, 11) is 0. The van der Waals surface area contributed by atoms with Crippen LogP contribution in [0.3, 0.4) is 0 Å². The number of nitrogen functional groups attached to an aromatic ring is 1. The van der Waals surface area contributed by atoms with Gasteiger partial charge in [0.2, 0.25) is 0 Å². The number of nitrogens with two attached hydrogens (primary N) is 1. The predicted octanol–water partition coefficient (Wildman–Crippen LogP) is 5.29. The minimum Gasteiger partial charge on any atom is -0.421 e. The standard InChI is InChI=1S/C23H17ClFN5O/c1-11-5-14(25)7-18-17(11)8-20-21(18)22(16-4-3-13(24)6-19(16)26)30-23(29-20)31-15-9-27-12(2)28-10-15/h3-7,9-10H,8,26H2,1-2H3. The van der Waals surface area contributed by atoms with E-state index in [4.69, 9.17) is 22.1 Å². The molecule has 0 saturated carbocycles. The summed E-state index contributed by atoms with van der Waals surface area (Å²) in [4.78, 5) is 17.5. The van der Waals surface area contributed by atoms with Gasteiger partial charge in [-0.25, -0.2) is 14.4 Å². The maximum Gasteiger partial charge on any atom is 0.322 e. The topological polar surface area (TPSA) is 86.8 Å². The molecule has 2 N–H and O–H groups in total. The van der Waals surface area contributed by atoms with E-state index >= 15 is 0 Å². The molecule has 0 bridgehead atoms. The van der Waals surface area contributed by atoms with Crippen LogP contribution in [0.1, 0.15) is 22.6 Å². The van der Waals surface area contributed by atoms with Crippen molar-refractivity contribution < 1.29 is 9.13 Å². The zero-order chi connectivity index (χ0) is 21.7. The van der Waals surface area contributed by atoms with Gasteiger partial charge in [-0.1, -0.05) is 11.6 Å². The van der Waals surface area contributed by atoms with Crippen LogP contribution in [0.5, 0.6) is 11.8 Å². The Kier molecular flexibility index (Phi) is 4.55. The zero-order valence-corrected chi connectivity index (χ0v) is 17.5. The third kappa shape index (κ3) is 3.47. The van der Waals surface area contributed by atoms with Gasteiger partial charge in [-0.2, -0.15) is 9.97 Å². The van der Waals surface area contributed by atoms with E-state index in [-0.39, 0.29) is 11.8 Å². The monoisotopic (exact) mass is 433 g/mol. The number of fused-ring (bicyclic) bond motifs is 3. The van der Waals surface area contributed by atoms with Gasteiger partial charge in [0.15, 0.2) is 5.75 Å². The summed E-state index contributed by atoms with van der Waals surface area (Å²) < 4.78 is 20.1. The van der Waals surface area contributed by atoms with Gasteiger partial charge in [0.1, 0.15) is 11.6 Å². The highest BCUT2D eigenvalue weighted by Gasteiger charge is 2.29. The van der Waals surface area contributed by atoms with Gasteiger partial charge in [0, 0.05) is 28.3 Å². The van der Waals surface area contributed by atoms with Crippen LogP contribution >= 0.6 is 11.6 Å². The highest BCUT2D eigenvalue weighted by Crippen LogP contribution is 2.45. The highest BCUT2D eigenvalue weighted by molar-refractivity contribution is 6.31. The Bertz CT molecular complexity index is 1340. The number of aryl methyl sites for hydroxylation is 2. The number of hydrogen-bond acceptors (Lipinski definition) is 6. The molecule has 0 unspecified atom stereocenters. The first-order valence-corrected chi connectivity index (χ1v) is 9.99. The van der Waals surface area contributed by atoms with Crippen molar-refractivity contribution in [2.45, 2.75) is 20.3 Å². The Morgan fingerprint density at radius 3 is 2.55 bits per heavy atom. The third-order valence-electron chi connectivity index (χ3n) is 5.25. The molecule has 6 nitrogen and oxygen atoms in total. The van der Waals surface area contributed by atoms with Crippen molar-refractivity contribution in [3.05, 3.63) is 76.2 Å². The molecule has 1 aliphatic carbocycles. The average molecular weight is 434 g/mol. The van der Waals surface area contributed by atoms with E-state index in [0.717, 1.165) is 27.9 Å². The first kappa shape index (κ1) is 19.4. The predicted molar refractivity (Wildman–Crippen MR) is 117 cm³/mol. The van der Waals surface area contributed by atoms with Crippen LogP contribution in [0.4, 0.5) is 10.1 Å². The number of aromatic nitrogens is 4. The molecule has 8 heteroatoms. The van der Waals surface area contributed by atoms with Gasteiger partial charge in [-0.15, -0.1) is 0 Å². The van der Waals surface area contributed by atoms with Crippen LogP contribution < -0.4 is 10.5 Å². The molecular formula is C23H17ClFN5O. The van der Waals surface area contributed by atoms with Gasteiger partial charge >= 0.3 is 6.01 Å². The summed E-state index contributed by atoms with van der Waals surface area (Å²) in [6.45, 7) is 3.67. The normalized spacial score (nSPS) is 11.9.